The molecule has 0 atom stereocenters. The second kappa shape index (κ2) is 5.65. The van der Waals surface area contributed by atoms with Crippen LogP contribution >= 0.6 is 11.6 Å². The Kier molecular flexibility index (Phi) is 3.72. The Morgan fingerprint density at radius 1 is 1.00 bits per heavy atom. The highest BCUT2D eigenvalue weighted by Crippen LogP contribution is 2.26. The Hall–Kier alpha value is -1.84. The number of hydrogen-bond donors (Lipinski definition) is 2. The molecule has 3 aromatic rings. The number of hydrogen-bond acceptors (Lipinski definition) is 1. The predicted molar refractivity (Wildman–Crippen MR) is 80.3 cm³/mol. The van der Waals surface area contributed by atoms with Crippen molar-refractivity contribution in [1.29, 1.82) is 0 Å². The van der Waals surface area contributed by atoms with E-state index in [9.17, 15) is 4.39 Å². The maximum atomic E-state index is 12.8. The van der Waals surface area contributed by atoms with E-state index in [1.54, 1.807) is 12.1 Å². The van der Waals surface area contributed by atoms with Crippen LogP contribution in [0, 0.1) is 5.82 Å². The maximum absolute atomic E-state index is 12.8. The van der Waals surface area contributed by atoms with Gasteiger partial charge in [0.1, 0.15) is 5.82 Å². The zero-order valence-corrected chi connectivity index (χ0v) is 11.5. The van der Waals surface area contributed by atoms with Crippen molar-refractivity contribution in [2.75, 3.05) is 0 Å². The number of aromatic amines is 1. The van der Waals surface area contributed by atoms with E-state index in [1.165, 1.54) is 12.1 Å². The average Bonchev–Trinajstić information content (AvgIpc) is 2.78. The number of rotatable bonds is 4. The lowest BCUT2D eigenvalue weighted by Crippen LogP contribution is -2.13. The molecule has 2 aromatic carbocycles. The third-order valence-electron chi connectivity index (χ3n) is 3.26. The number of benzene rings is 2. The zero-order valence-electron chi connectivity index (χ0n) is 10.8. The van der Waals surface area contributed by atoms with Crippen LogP contribution in [-0.4, -0.2) is 4.98 Å². The average molecular weight is 289 g/mol. The molecule has 4 heteroatoms. The Morgan fingerprint density at radius 3 is 2.50 bits per heavy atom. The quantitative estimate of drug-likeness (QED) is 0.738. The van der Waals surface area contributed by atoms with Gasteiger partial charge in [0.25, 0.3) is 0 Å². The van der Waals surface area contributed by atoms with Gasteiger partial charge in [0, 0.05) is 29.7 Å². The second-order valence-corrected chi connectivity index (χ2v) is 5.07. The van der Waals surface area contributed by atoms with Gasteiger partial charge in [-0.25, -0.2) is 4.39 Å². The van der Waals surface area contributed by atoms with E-state index in [1.807, 2.05) is 24.3 Å². The lowest BCUT2D eigenvalue weighted by atomic mass is 10.2. The fourth-order valence-electron chi connectivity index (χ4n) is 2.22. The highest BCUT2D eigenvalue weighted by atomic mass is 35.5. The summed E-state index contributed by atoms with van der Waals surface area (Å²) in [6.45, 7) is 1.32. The van der Waals surface area contributed by atoms with Gasteiger partial charge < -0.3 is 10.3 Å². The van der Waals surface area contributed by atoms with Crippen LogP contribution in [0.15, 0.2) is 48.5 Å². The standard InChI is InChI=1S/C16H14ClFN2/c17-16-13-3-1-2-4-14(13)20-15(16)10-19-9-11-5-7-12(18)8-6-11/h1-8,19-20H,9-10H2. The SMILES string of the molecule is Fc1ccc(CNCc2[nH]c3ccccc3c2Cl)cc1. The van der Waals surface area contributed by atoms with Crippen molar-refractivity contribution in [1.82, 2.24) is 10.3 Å². The summed E-state index contributed by atoms with van der Waals surface area (Å²) in [5.41, 5.74) is 3.05. The van der Waals surface area contributed by atoms with Crippen molar-refractivity contribution in [2.45, 2.75) is 13.1 Å². The van der Waals surface area contributed by atoms with Gasteiger partial charge in [-0.15, -0.1) is 0 Å². The van der Waals surface area contributed by atoms with Crippen molar-refractivity contribution in [3.8, 4) is 0 Å². The number of halogens is 2. The molecule has 0 spiro atoms. The first kappa shape index (κ1) is 13.2. The Balaban J connectivity index is 1.68. The summed E-state index contributed by atoms with van der Waals surface area (Å²) in [6, 6.07) is 14.4. The van der Waals surface area contributed by atoms with E-state index in [0.29, 0.717) is 13.1 Å². The minimum Gasteiger partial charge on any atom is -0.356 e. The van der Waals surface area contributed by atoms with Crippen molar-refractivity contribution in [2.24, 2.45) is 0 Å². The normalized spacial score (nSPS) is 11.1. The predicted octanol–water partition coefficient (Wildman–Crippen LogP) is 4.25. The highest BCUT2D eigenvalue weighted by molar-refractivity contribution is 6.36. The van der Waals surface area contributed by atoms with E-state index in [2.05, 4.69) is 10.3 Å². The summed E-state index contributed by atoms with van der Waals surface area (Å²) < 4.78 is 12.8. The van der Waals surface area contributed by atoms with Crippen LogP contribution in [0.1, 0.15) is 11.3 Å². The maximum Gasteiger partial charge on any atom is 0.123 e. The van der Waals surface area contributed by atoms with Crippen LogP contribution in [0.4, 0.5) is 4.39 Å². The van der Waals surface area contributed by atoms with Crippen LogP contribution in [0.3, 0.4) is 0 Å². The molecule has 0 saturated carbocycles. The number of aromatic nitrogens is 1. The number of nitrogens with one attached hydrogen (secondary N) is 2. The van der Waals surface area contributed by atoms with Crippen molar-refractivity contribution in [3.63, 3.8) is 0 Å². The van der Waals surface area contributed by atoms with Crippen LogP contribution < -0.4 is 5.32 Å². The topological polar surface area (TPSA) is 27.8 Å². The van der Waals surface area contributed by atoms with Gasteiger partial charge in [0.05, 0.1) is 5.02 Å². The monoisotopic (exact) mass is 288 g/mol. The van der Waals surface area contributed by atoms with E-state index in [0.717, 1.165) is 27.2 Å². The summed E-state index contributed by atoms with van der Waals surface area (Å²) >= 11 is 6.34. The van der Waals surface area contributed by atoms with Gasteiger partial charge in [0.15, 0.2) is 0 Å². The Morgan fingerprint density at radius 2 is 1.75 bits per heavy atom. The van der Waals surface area contributed by atoms with Gasteiger partial charge >= 0.3 is 0 Å². The third-order valence-corrected chi connectivity index (χ3v) is 3.69. The molecule has 2 nitrogen and oxygen atoms in total. The zero-order chi connectivity index (χ0) is 13.9. The minimum absolute atomic E-state index is 0.215. The molecule has 0 aliphatic carbocycles. The lowest BCUT2D eigenvalue weighted by molar-refractivity contribution is 0.624. The van der Waals surface area contributed by atoms with Gasteiger partial charge in [0.2, 0.25) is 0 Å². The molecule has 1 heterocycles. The summed E-state index contributed by atoms with van der Waals surface area (Å²) in [4.78, 5) is 3.30. The molecule has 3 rings (SSSR count). The molecule has 2 N–H and O–H groups in total. The van der Waals surface area contributed by atoms with E-state index >= 15 is 0 Å². The molecule has 1 aromatic heterocycles. The van der Waals surface area contributed by atoms with Gasteiger partial charge in [-0.3, -0.25) is 0 Å². The molecule has 0 saturated heterocycles. The molecule has 0 aliphatic heterocycles. The van der Waals surface area contributed by atoms with Gasteiger partial charge in [-0.05, 0) is 23.8 Å². The van der Waals surface area contributed by atoms with E-state index in [-0.39, 0.29) is 5.82 Å². The molecule has 0 radical (unpaired) electrons. The molecule has 20 heavy (non-hydrogen) atoms. The van der Waals surface area contributed by atoms with Crippen LogP contribution in [0.5, 0.6) is 0 Å². The minimum atomic E-state index is -0.215. The molecular weight excluding hydrogens is 275 g/mol. The van der Waals surface area contributed by atoms with Crippen molar-refractivity contribution in [3.05, 3.63) is 70.6 Å². The summed E-state index contributed by atoms with van der Waals surface area (Å²) in [5.74, 6) is -0.215. The Bertz CT molecular complexity index is 719. The summed E-state index contributed by atoms with van der Waals surface area (Å²) in [7, 11) is 0. The van der Waals surface area contributed by atoms with Crippen LogP contribution in [0.25, 0.3) is 10.9 Å². The van der Waals surface area contributed by atoms with Gasteiger partial charge in [-0.1, -0.05) is 41.9 Å². The molecular formula is C16H14ClFN2. The molecule has 0 bridgehead atoms. The molecule has 0 aliphatic rings. The lowest BCUT2D eigenvalue weighted by Gasteiger charge is -2.04. The summed E-state index contributed by atoms with van der Waals surface area (Å²) in [5, 5.41) is 5.09. The Labute approximate surface area is 121 Å². The molecule has 0 unspecified atom stereocenters. The second-order valence-electron chi connectivity index (χ2n) is 4.69. The van der Waals surface area contributed by atoms with Crippen LogP contribution in [-0.2, 0) is 13.1 Å². The highest BCUT2D eigenvalue weighted by Gasteiger charge is 2.08. The number of H-pyrrole nitrogens is 1. The molecule has 102 valence electrons. The smallest absolute Gasteiger partial charge is 0.123 e. The van der Waals surface area contributed by atoms with E-state index < -0.39 is 0 Å². The van der Waals surface area contributed by atoms with Crippen LogP contribution in [0.2, 0.25) is 5.02 Å². The third kappa shape index (κ3) is 2.69. The first-order valence-corrected chi connectivity index (χ1v) is 6.82. The first-order valence-electron chi connectivity index (χ1n) is 6.44. The molecule has 0 amide bonds. The van der Waals surface area contributed by atoms with Crippen molar-refractivity contribution < 1.29 is 4.39 Å². The largest absolute Gasteiger partial charge is 0.356 e. The molecule has 0 fully saturated rings. The summed E-state index contributed by atoms with van der Waals surface area (Å²) in [6.07, 6.45) is 0. The van der Waals surface area contributed by atoms with Crippen molar-refractivity contribution >= 4 is 22.5 Å². The number of fused-ring (bicyclic) bond motifs is 1. The fourth-order valence-corrected chi connectivity index (χ4v) is 2.50. The fraction of sp³-hybridized carbons (Fsp3) is 0.125. The first-order chi connectivity index (χ1) is 9.74. The van der Waals surface area contributed by atoms with Gasteiger partial charge in [-0.2, -0.15) is 0 Å². The van der Waals surface area contributed by atoms with E-state index in [4.69, 9.17) is 11.6 Å². The number of para-hydroxylation sites is 1.